The molecular formula is C15H17F3N2O. The molecule has 1 rings (SSSR count). The van der Waals surface area contributed by atoms with Gasteiger partial charge in [0.05, 0.1) is 5.69 Å². The normalized spacial score (nSPS) is 12.5. The van der Waals surface area contributed by atoms with E-state index in [-0.39, 0.29) is 11.4 Å². The number of benzene rings is 1. The van der Waals surface area contributed by atoms with Crippen molar-refractivity contribution in [3.05, 3.63) is 47.9 Å². The molecule has 1 aromatic carbocycles. The van der Waals surface area contributed by atoms with Gasteiger partial charge in [-0.3, -0.25) is 0 Å². The van der Waals surface area contributed by atoms with Gasteiger partial charge in [0.2, 0.25) is 5.88 Å². The van der Waals surface area contributed by atoms with Gasteiger partial charge < -0.3 is 10.5 Å². The summed E-state index contributed by atoms with van der Waals surface area (Å²) in [4.78, 5) is 3.81. The zero-order valence-electron chi connectivity index (χ0n) is 12.1. The van der Waals surface area contributed by atoms with E-state index < -0.39 is 17.6 Å². The Labute approximate surface area is 121 Å². The predicted molar refractivity (Wildman–Crippen MR) is 78.3 cm³/mol. The van der Waals surface area contributed by atoms with Crippen molar-refractivity contribution in [2.75, 3.05) is 5.73 Å². The number of halogens is 3. The van der Waals surface area contributed by atoms with Gasteiger partial charge in [0, 0.05) is 5.71 Å². The van der Waals surface area contributed by atoms with E-state index >= 15 is 0 Å². The molecule has 0 aliphatic rings. The fraction of sp³-hybridized carbons (Fsp3) is 0.267. The van der Waals surface area contributed by atoms with Crippen molar-refractivity contribution >= 4 is 11.4 Å². The van der Waals surface area contributed by atoms with Crippen molar-refractivity contribution in [3.63, 3.8) is 0 Å². The van der Waals surface area contributed by atoms with Gasteiger partial charge in [0.25, 0.3) is 0 Å². The van der Waals surface area contributed by atoms with Crippen LogP contribution >= 0.6 is 0 Å². The highest BCUT2D eigenvalue weighted by Crippen LogP contribution is 2.32. The molecule has 0 saturated heterocycles. The summed E-state index contributed by atoms with van der Waals surface area (Å²) >= 11 is 0. The van der Waals surface area contributed by atoms with E-state index in [4.69, 9.17) is 10.5 Å². The maximum Gasteiger partial charge on any atom is 0.421 e. The number of nitrogen functional groups attached to an aromatic ring is 1. The third-order valence-electron chi connectivity index (χ3n) is 2.44. The minimum Gasteiger partial charge on any atom is -0.436 e. The molecule has 0 saturated carbocycles. The number of hydrogen-bond donors (Lipinski definition) is 1. The first kappa shape index (κ1) is 16.8. The first-order chi connectivity index (χ1) is 9.65. The number of hydrogen-bond acceptors (Lipinski definition) is 3. The maximum atomic E-state index is 13.0. The van der Waals surface area contributed by atoms with Crippen LogP contribution in [0.25, 0.3) is 0 Å². The summed E-state index contributed by atoms with van der Waals surface area (Å²) in [5.41, 5.74) is 6.12. The van der Waals surface area contributed by atoms with E-state index in [1.807, 2.05) is 0 Å². The van der Waals surface area contributed by atoms with E-state index in [1.165, 1.54) is 0 Å². The van der Waals surface area contributed by atoms with E-state index in [0.29, 0.717) is 11.8 Å². The SMILES string of the molecule is C=C/C(=C(\N=C(C)C)Oc1cc(C)ccc1N)C(F)(F)F. The Bertz CT molecular complexity index is 597. The first-order valence-corrected chi connectivity index (χ1v) is 6.15. The summed E-state index contributed by atoms with van der Waals surface area (Å²) in [6.07, 6.45) is -3.94. The van der Waals surface area contributed by atoms with Crippen LogP contribution in [0.5, 0.6) is 5.75 Å². The minimum atomic E-state index is -4.62. The van der Waals surface area contributed by atoms with Crippen molar-refractivity contribution in [1.29, 1.82) is 0 Å². The van der Waals surface area contributed by atoms with Gasteiger partial charge in [-0.1, -0.05) is 18.7 Å². The summed E-state index contributed by atoms with van der Waals surface area (Å²) in [7, 11) is 0. The molecule has 0 spiro atoms. The number of rotatable bonds is 4. The molecule has 0 heterocycles. The molecule has 0 unspecified atom stereocenters. The molecule has 0 fully saturated rings. The monoisotopic (exact) mass is 298 g/mol. The molecule has 0 bridgehead atoms. The third-order valence-corrected chi connectivity index (χ3v) is 2.44. The predicted octanol–water partition coefficient (Wildman–Crippen LogP) is 4.40. The maximum absolute atomic E-state index is 13.0. The molecule has 2 N–H and O–H groups in total. The molecule has 6 heteroatoms. The number of aliphatic imine (C=N–C) groups is 1. The standard InChI is InChI=1S/C15H17F3N2O/c1-5-11(15(16,17)18)14(20-9(2)3)21-13-8-10(4)6-7-12(13)19/h5-8H,1,19H2,2-4H3/b14-11-. The Morgan fingerprint density at radius 2 is 1.95 bits per heavy atom. The number of aryl methyl sites for hydroxylation is 1. The van der Waals surface area contributed by atoms with Crippen LogP contribution in [-0.2, 0) is 0 Å². The largest absolute Gasteiger partial charge is 0.436 e. The highest BCUT2D eigenvalue weighted by molar-refractivity contribution is 5.80. The second kappa shape index (κ2) is 6.47. The molecule has 0 aromatic heterocycles. The van der Waals surface area contributed by atoms with Crippen molar-refractivity contribution in [3.8, 4) is 5.75 Å². The quantitative estimate of drug-likeness (QED) is 0.388. The second-order valence-electron chi connectivity index (χ2n) is 4.62. The average molecular weight is 298 g/mol. The highest BCUT2D eigenvalue weighted by atomic mass is 19.4. The highest BCUT2D eigenvalue weighted by Gasteiger charge is 2.36. The van der Waals surface area contributed by atoms with Crippen LogP contribution in [0, 0.1) is 6.92 Å². The Morgan fingerprint density at radius 1 is 1.33 bits per heavy atom. The lowest BCUT2D eigenvalue weighted by Crippen LogP contribution is -2.15. The van der Waals surface area contributed by atoms with Crippen LogP contribution in [0.3, 0.4) is 0 Å². The van der Waals surface area contributed by atoms with E-state index in [1.54, 1.807) is 39.0 Å². The van der Waals surface area contributed by atoms with Crippen molar-refractivity contribution < 1.29 is 17.9 Å². The van der Waals surface area contributed by atoms with Crippen LogP contribution < -0.4 is 10.5 Å². The fourth-order valence-corrected chi connectivity index (χ4v) is 1.50. The smallest absolute Gasteiger partial charge is 0.421 e. The Hall–Kier alpha value is -2.24. The zero-order chi connectivity index (χ0) is 16.2. The van der Waals surface area contributed by atoms with Gasteiger partial charge in [0.1, 0.15) is 5.57 Å². The van der Waals surface area contributed by atoms with E-state index in [0.717, 1.165) is 5.56 Å². The number of nitrogens with two attached hydrogens (primary N) is 1. The average Bonchev–Trinajstić information content (AvgIpc) is 2.32. The number of alkyl halides is 3. The molecule has 1 aromatic rings. The van der Waals surface area contributed by atoms with Gasteiger partial charge in [-0.2, -0.15) is 13.2 Å². The zero-order valence-corrected chi connectivity index (χ0v) is 12.1. The van der Waals surface area contributed by atoms with Crippen molar-refractivity contribution in [1.82, 2.24) is 0 Å². The summed E-state index contributed by atoms with van der Waals surface area (Å²) in [6, 6.07) is 4.84. The molecule has 3 nitrogen and oxygen atoms in total. The first-order valence-electron chi connectivity index (χ1n) is 6.15. The number of nitrogens with zero attached hydrogens (tertiary/aromatic N) is 1. The van der Waals surface area contributed by atoms with Gasteiger partial charge >= 0.3 is 6.18 Å². The van der Waals surface area contributed by atoms with Crippen molar-refractivity contribution in [2.45, 2.75) is 26.9 Å². The summed E-state index contributed by atoms with van der Waals surface area (Å²) in [6.45, 7) is 8.10. The van der Waals surface area contributed by atoms with Crippen LogP contribution in [0.1, 0.15) is 19.4 Å². The third kappa shape index (κ3) is 4.66. The molecular weight excluding hydrogens is 281 g/mol. The van der Waals surface area contributed by atoms with E-state index in [9.17, 15) is 13.2 Å². The Balaban J connectivity index is 3.40. The lowest BCUT2D eigenvalue weighted by atomic mass is 10.2. The van der Waals surface area contributed by atoms with Crippen molar-refractivity contribution in [2.24, 2.45) is 4.99 Å². The minimum absolute atomic E-state index is 0.124. The number of ether oxygens (including phenoxy) is 1. The molecule has 0 amide bonds. The Morgan fingerprint density at radius 3 is 2.43 bits per heavy atom. The van der Waals surface area contributed by atoms with Gasteiger partial charge in [-0.15, -0.1) is 0 Å². The number of anilines is 1. The topological polar surface area (TPSA) is 47.6 Å². The summed E-state index contributed by atoms with van der Waals surface area (Å²) < 4.78 is 44.3. The van der Waals surface area contributed by atoms with Crippen LogP contribution in [0.4, 0.5) is 18.9 Å². The Kier molecular flexibility index (Phi) is 5.18. The van der Waals surface area contributed by atoms with E-state index in [2.05, 4.69) is 11.6 Å². The fourth-order valence-electron chi connectivity index (χ4n) is 1.50. The van der Waals surface area contributed by atoms with Crippen LogP contribution in [0.15, 0.2) is 47.3 Å². The lowest BCUT2D eigenvalue weighted by Gasteiger charge is -2.15. The van der Waals surface area contributed by atoms with Gasteiger partial charge in [-0.25, -0.2) is 4.99 Å². The van der Waals surface area contributed by atoms with Gasteiger partial charge in [0.15, 0.2) is 5.75 Å². The molecule has 0 aliphatic heterocycles. The molecule has 0 atom stereocenters. The number of allylic oxidation sites excluding steroid dienone is 2. The second-order valence-corrected chi connectivity index (χ2v) is 4.62. The van der Waals surface area contributed by atoms with Crippen LogP contribution in [-0.4, -0.2) is 11.9 Å². The molecule has 0 radical (unpaired) electrons. The van der Waals surface area contributed by atoms with Crippen LogP contribution in [0.2, 0.25) is 0 Å². The molecule has 0 aliphatic carbocycles. The molecule has 21 heavy (non-hydrogen) atoms. The summed E-state index contributed by atoms with van der Waals surface area (Å²) in [5.74, 6) is -0.451. The van der Waals surface area contributed by atoms with Gasteiger partial charge in [-0.05, 0) is 38.5 Å². The summed E-state index contributed by atoms with van der Waals surface area (Å²) in [5, 5.41) is 0. The molecule has 114 valence electrons. The lowest BCUT2D eigenvalue weighted by molar-refractivity contribution is -0.0905.